The van der Waals surface area contributed by atoms with Gasteiger partial charge in [-0.3, -0.25) is 4.98 Å². The molecule has 1 aromatic heterocycles. The molecule has 0 radical (unpaired) electrons. The lowest BCUT2D eigenvalue weighted by Crippen LogP contribution is -2.21. The van der Waals surface area contributed by atoms with E-state index in [-0.39, 0.29) is 17.6 Å². The molecule has 19 heavy (non-hydrogen) atoms. The summed E-state index contributed by atoms with van der Waals surface area (Å²) in [7, 11) is 0. The Kier molecular flexibility index (Phi) is 4.47. The van der Waals surface area contributed by atoms with Crippen LogP contribution in [0.5, 0.6) is 5.75 Å². The Hall–Kier alpha value is -1.94. The van der Waals surface area contributed by atoms with Crippen LogP contribution in [0.25, 0.3) is 0 Å². The van der Waals surface area contributed by atoms with E-state index in [1.54, 1.807) is 18.2 Å². The molecule has 100 valence electrons. The lowest BCUT2D eigenvalue weighted by Gasteiger charge is -2.16. The first-order valence-corrected chi connectivity index (χ1v) is 6.31. The molecule has 1 heterocycles. The predicted octanol–water partition coefficient (Wildman–Crippen LogP) is 3.17. The third kappa shape index (κ3) is 3.76. The Morgan fingerprint density at radius 2 is 1.95 bits per heavy atom. The Morgan fingerprint density at radius 3 is 2.53 bits per heavy atom. The highest BCUT2D eigenvalue weighted by atomic mass is 19.1. The molecule has 0 bridgehead atoms. The maximum Gasteiger partial charge on any atom is 0.141 e. The summed E-state index contributed by atoms with van der Waals surface area (Å²) in [5.74, 6) is -0.0619. The fourth-order valence-electron chi connectivity index (χ4n) is 1.91. The number of halogens is 1. The number of nitrogens with zero attached hydrogens (tertiary/aromatic N) is 1. The van der Waals surface area contributed by atoms with Crippen LogP contribution in [0.4, 0.5) is 4.39 Å². The van der Waals surface area contributed by atoms with Crippen molar-refractivity contribution in [2.24, 2.45) is 0 Å². The summed E-state index contributed by atoms with van der Waals surface area (Å²) in [6, 6.07) is 10.3. The Bertz CT molecular complexity index is 511. The van der Waals surface area contributed by atoms with Crippen LogP contribution in [0.2, 0.25) is 0 Å². The number of phenolic OH excluding ortho intramolecular Hbond substituents is 1. The molecule has 0 aliphatic carbocycles. The fraction of sp³-hybridized carbons (Fsp3) is 0.267. The Balaban J connectivity index is 1.99. The predicted molar refractivity (Wildman–Crippen MR) is 72.2 cm³/mol. The van der Waals surface area contributed by atoms with Gasteiger partial charge in [0.2, 0.25) is 0 Å². The van der Waals surface area contributed by atoms with E-state index in [9.17, 15) is 9.50 Å². The molecule has 1 atom stereocenters. The molecule has 0 aliphatic heterocycles. The van der Waals surface area contributed by atoms with Gasteiger partial charge in [0.15, 0.2) is 0 Å². The minimum atomic E-state index is -0.322. The fourth-order valence-corrected chi connectivity index (χ4v) is 1.91. The maximum atomic E-state index is 12.8. The van der Waals surface area contributed by atoms with E-state index in [4.69, 9.17) is 0 Å². The van der Waals surface area contributed by atoms with Crippen LogP contribution in [-0.4, -0.2) is 10.1 Å². The van der Waals surface area contributed by atoms with Crippen molar-refractivity contribution < 1.29 is 9.50 Å². The third-order valence-corrected chi connectivity index (χ3v) is 3.00. The second-order valence-corrected chi connectivity index (χ2v) is 4.41. The molecule has 1 aromatic carbocycles. The summed E-state index contributed by atoms with van der Waals surface area (Å²) < 4.78 is 12.8. The van der Waals surface area contributed by atoms with Gasteiger partial charge in [-0.1, -0.05) is 19.1 Å². The van der Waals surface area contributed by atoms with E-state index >= 15 is 0 Å². The number of pyridine rings is 1. The van der Waals surface area contributed by atoms with Gasteiger partial charge in [-0.15, -0.1) is 0 Å². The molecular formula is C15H17FN2O. The van der Waals surface area contributed by atoms with Gasteiger partial charge in [0.25, 0.3) is 0 Å². The first kappa shape index (κ1) is 13.5. The zero-order valence-electron chi connectivity index (χ0n) is 10.8. The van der Waals surface area contributed by atoms with Gasteiger partial charge >= 0.3 is 0 Å². The number of aromatic hydroxyl groups is 1. The van der Waals surface area contributed by atoms with E-state index in [0.717, 1.165) is 17.7 Å². The lowest BCUT2D eigenvalue weighted by molar-refractivity contribution is 0.474. The number of benzene rings is 1. The molecule has 1 unspecified atom stereocenters. The van der Waals surface area contributed by atoms with Gasteiger partial charge in [0.05, 0.1) is 11.9 Å². The van der Waals surface area contributed by atoms with E-state index in [0.29, 0.717) is 6.54 Å². The normalized spacial score (nSPS) is 12.3. The largest absolute Gasteiger partial charge is 0.508 e. The maximum absolute atomic E-state index is 12.8. The first-order chi connectivity index (χ1) is 9.19. The van der Waals surface area contributed by atoms with Gasteiger partial charge in [-0.2, -0.15) is 0 Å². The second-order valence-electron chi connectivity index (χ2n) is 4.41. The van der Waals surface area contributed by atoms with Crippen molar-refractivity contribution in [2.45, 2.75) is 25.9 Å². The highest BCUT2D eigenvalue weighted by Crippen LogP contribution is 2.16. The number of hydrogen-bond acceptors (Lipinski definition) is 3. The zero-order chi connectivity index (χ0) is 13.7. The molecule has 3 nitrogen and oxygen atoms in total. The van der Waals surface area contributed by atoms with Crippen LogP contribution in [-0.2, 0) is 6.54 Å². The standard InChI is InChI=1S/C15H17FN2O/c1-2-14(15-8-5-12(16)10-18-15)17-9-11-3-6-13(19)7-4-11/h3-8,10,14,17,19H,2,9H2,1H3. The van der Waals surface area contributed by atoms with Crippen molar-refractivity contribution in [3.05, 3.63) is 59.7 Å². The van der Waals surface area contributed by atoms with Crippen molar-refractivity contribution >= 4 is 0 Å². The summed E-state index contributed by atoms with van der Waals surface area (Å²) in [5.41, 5.74) is 1.92. The van der Waals surface area contributed by atoms with Crippen LogP contribution in [0.3, 0.4) is 0 Å². The van der Waals surface area contributed by atoms with Gasteiger partial charge in [-0.05, 0) is 36.2 Å². The van der Waals surface area contributed by atoms with Gasteiger partial charge in [-0.25, -0.2) is 4.39 Å². The highest BCUT2D eigenvalue weighted by Gasteiger charge is 2.10. The average Bonchev–Trinajstić information content (AvgIpc) is 2.43. The molecule has 0 aliphatic rings. The number of nitrogens with one attached hydrogen (secondary N) is 1. The minimum absolute atomic E-state index is 0.0920. The molecule has 0 fully saturated rings. The van der Waals surface area contributed by atoms with Crippen LogP contribution in [0.1, 0.15) is 30.6 Å². The smallest absolute Gasteiger partial charge is 0.141 e. The molecule has 0 saturated heterocycles. The zero-order valence-corrected chi connectivity index (χ0v) is 10.8. The summed E-state index contributed by atoms with van der Waals surface area (Å²) in [6.45, 7) is 2.73. The number of phenols is 1. The Labute approximate surface area is 112 Å². The summed E-state index contributed by atoms with van der Waals surface area (Å²) in [6.07, 6.45) is 2.11. The second kappa shape index (κ2) is 6.29. The summed E-state index contributed by atoms with van der Waals surface area (Å²) >= 11 is 0. The van der Waals surface area contributed by atoms with Crippen molar-refractivity contribution in [3.63, 3.8) is 0 Å². The van der Waals surface area contributed by atoms with Gasteiger partial charge < -0.3 is 10.4 Å². The van der Waals surface area contributed by atoms with Crippen molar-refractivity contribution in [3.8, 4) is 5.75 Å². The molecule has 2 N–H and O–H groups in total. The van der Waals surface area contributed by atoms with Crippen molar-refractivity contribution in [1.82, 2.24) is 10.3 Å². The molecule has 4 heteroatoms. The van der Waals surface area contributed by atoms with Crippen LogP contribution in [0, 0.1) is 5.82 Å². The Morgan fingerprint density at radius 1 is 1.21 bits per heavy atom. The molecule has 2 aromatic rings. The van der Waals surface area contributed by atoms with Crippen molar-refractivity contribution in [1.29, 1.82) is 0 Å². The van der Waals surface area contributed by atoms with E-state index in [1.165, 1.54) is 12.3 Å². The number of rotatable bonds is 5. The van der Waals surface area contributed by atoms with Gasteiger partial charge in [0, 0.05) is 12.6 Å². The van der Waals surface area contributed by atoms with E-state index < -0.39 is 0 Å². The third-order valence-electron chi connectivity index (χ3n) is 3.00. The molecular weight excluding hydrogens is 243 g/mol. The van der Waals surface area contributed by atoms with E-state index in [1.807, 2.05) is 12.1 Å². The summed E-state index contributed by atoms with van der Waals surface area (Å²) in [4.78, 5) is 4.10. The SMILES string of the molecule is CCC(NCc1ccc(O)cc1)c1ccc(F)cn1. The summed E-state index contributed by atoms with van der Waals surface area (Å²) in [5, 5.41) is 12.6. The number of hydrogen-bond donors (Lipinski definition) is 2. The molecule has 0 amide bonds. The van der Waals surface area contributed by atoms with Crippen LogP contribution < -0.4 is 5.32 Å². The molecule has 2 rings (SSSR count). The van der Waals surface area contributed by atoms with Crippen LogP contribution in [0.15, 0.2) is 42.6 Å². The van der Waals surface area contributed by atoms with Gasteiger partial charge in [0.1, 0.15) is 11.6 Å². The van der Waals surface area contributed by atoms with E-state index in [2.05, 4.69) is 17.2 Å². The van der Waals surface area contributed by atoms with Crippen molar-refractivity contribution in [2.75, 3.05) is 0 Å². The highest BCUT2D eigenvalue weighted by molar-refractivity contribution is 5.25. The minimum Gasteiger partial charge on any atom is -0.508 e. The van der Waals surface area contributed by atoms with Crippen LogP contribution >= 0.6 is 0 Å². The quantitative estimate of drug-likeness (QED) is 0.868. The molecule has 0 spiro atoms. The first-order valence-electron chi connectivity index (χ1n) is 6.31. The monoisotopic (exact) mass is 260 g/mol. The average molecular weight is 260 g/mol. The number of aromatic nitrogens is 1. The lowest BCUT2D eigenvalue weighted by atomic mass is 10.1. The topological polar surface area (TPSA) is 45.1 Å². The molecule has 0 saturated carbocycles.